The lowest BCUT2D eigenvalue weighted by Crippen LogP contribution is -2.38. The SMILES string of the molecule is C#CCN(CC(=O)O)C(=O)C1CC1CNC(=O)OCC1c2ccccc2-c2ccccc21. The summed E-state index contributed by atoms with van der Waals surface area (Å²) >= 11 is 0. The zero-order valence-corrected chi connectivity index (χ0v) is 17.5. The van der Waals surface area contributed by atoms with Gasteiger partial charge in [0.1, 0.15) is 13.2 Å². The van der Waals surface area contributed by atoms with E-state index in [0.717, 1.165) is 27.2 Å². The summed E-state index contributed by atoms with van der Waals surface area (Å²) in [6, 6.07) is 16.2. The molecule has 2 aliphatic rings. The van der Waals surface area contributed by atoms with Gasteiger partial charge in [0.2, 0.25) is 5.91 Å². The van der Waals surface area contributed by atoms with Crippen molar-refractivity contribution in [1.82, 2.24) is 10.2 Å². The Morgan fingerprint density at radius 1 is 1.09 bits per heavy atom. The van der Waals surface area contributed by atoms with Crippen LogP contribution in [0.2, 0.25) is 0 Å². The van der Waals surface area contributed by atoms with E-state index in [0.29, 0.717) is 13.0 Å². The second-order valence-electron chi connectivity index (χ2n) is 8.10. The highest BCUT2D eigenvalue weighted by molar-refractivity contribution is 5.85. The molecule has 2 N–H and O–H groups in total. The van der Waals surface area contributed by atoms with E-state index in [4.69, 9.17) is 16.3 Å². The number of carboxylic acid groups (broad SMARTS) is 1. The Bertz CT molecular complexity index is 1040. The van der Waals surface area contributed by atoms with Gasteiger partial charge in [0.15, 0.2) is 0 Å². The number of carboxylic acids is 1. The Morgan fingerprint density at radius 2 is 1.72 bits per heavy atom. The van der Waals surface area contributed by atoms with Crippen LogP contribution in [0.1, 0.15) is 23.5 Å². The summed E-state index contributed by atoms with van der Waals surface area (Å²) in [6.07, 6.45) is 5.29. The molecule has 2 aromatic carbocycles. The number of fused-ring (bicyclic) bond motifs is 3. The Morgan fingerprint density at radius 3 is 2.31 bits per heavy atom. The maximum Gasteiger partial charge on any atom is 0.407 e. The van der Waals surface area contributed by atoms with Crippen LogP contribution < -0.4 is 5.32 Å². The van der Waals surface area contributed by atoms with Gasteiger partial charge in [-0.25, -0.2) is 4.79 Å². The number of nitrogens with one attached hydrogen (secondary N) is 1. The second kappa shape index (κ2) is 9.15. The molecule has 7 nitrogen and oxygen atoms in total. The number of hydrogen-bond acceptors (Lipinski definition) is 4. The Labute approximate surface area is 186 Å². The van der Waals surface area contributed by atoms with Crippen molar-refractivity contribution in [2.75, 3.05) is 26.2 Å². The highest BCUT2D eigenvalue weighted by Crippen LogP contribution is 2.44. The van der Waals surface area contributed by atoms with E-state index in [-0.39, 0.29) is 36.8 Å². The lowest BCUT2D eigenvalue weighted by molar-refractivity contribution is -0.144. The van der Waals surface area contributed by atoms with Crippen LogP contribution in [0, 0.1) is 24.2 Å². The number of rotatable bonds is 8. The number of ether oxygens (including phenoxy) is 1. The minimum Gasteiger partial charge on any atom is -0.480 e. The molecule has 2 aliphatic carbocycles. The summed E-state index contributed by atoms with van der Waals surface area (Å²) in [6.45, 7) is 0.0473. The normalized spacial score (nSPS) is 18.1. The van der Waals surface area contributed by atoms with E-state index in [2.05, 4.69) is 35.5 Å². The lowest BCUT2D eigenvalue weighted by Gasteiger charge is -2.18. The maximum atomic E-state index is 12.4. The van der Waals surface area contributed by atoms with Gasteiger partial charge in [-0.1, -0.05) is 54.5 Å². The van der Waals surface area contributed by atoms with Crippen LogP contribution in [0.15, 0.2) is 48.5 Å². The Kier molecular flexibility index (Phi) is 6.13. The number of hydrogen-bond donors (Lipinski definition) is 2. The molecule has 164 valence electrons. The number of amides is 2. The number of terminal acetylenes is 1. The van der Waals surface area contributed by atoms with E-state index in [1.165, 1.54) is 0 Å². The van der Waals surface area contributed by atoms with Gasteiger partial charge in [-0.05, 0) is 34.6 Å². The smallest absolute Gasteiger partial charge is 0.407 e. The zero-order chi connectivity index (χ0) is 22.7. The maximum absolute atomic E-state index is 12.4. The van der Waals surface area contributed by atoms with Gasteiger partial charge >= 0.3 is 12.1 Å². The minimum atomic E-state index is -1.11. The van der Waals surface area contributed by atoms with Crippen LogP contribution in [0.4, 0.5) is 4.79 Å². The molecule has 0 aromatic heterocycles. The first kappa shape index (κ1) is 21.4. The number of nitrogens with zero attached hydrogens (tertiary/aromatic N) is 1. The number of alkyl carbamates (subject to hydrolysis) is 1. The van der Waals surface area contributed by atoms with Crippen LogP contribution in [0.3, 0.4) is 0 Å². The molecule has 0 spiro atoms. The molecular weight excluding hydrogens is 408 g/mol. The van der Waals surface area contributed by atoms with E-state index in [9.17, 15) is 14.4 Å². The molecule has 0 saturated heterocycles. The van der Waals surface area contributed by atoms with E-state index < -0.39 is 18.6 Å². The molecule has 0 aliphatic heterocycles. The van der Waals surface area contributed by atoms with Gasteiger partial charge in [0.05, 0.1) is 6.54 Å². The molecular formula is C25H24N2O5. The monoisotopic (exact) mass is 432 g/mol. The third-order valence-corrected chi connectivity index (χ3v) is 6.01. The molecule has 1 saturated carbocycles. The lowest BCUT2D eigenvalue weighted by atomic mass is 9.98. The van der Waals surface area contributed by atoms with Crippen LogP contribution in [0.5, 0.6) is 0 Å². The molecule has 0 heterocycles. The van der Waals surface area contributed by atoms with Crippen molar-refractivity contribution in [3.05, 3.63) is 59.7 Å². The summed E-state index contributed by atoms with van der Waals surface area (Å²) < 4.78 is 5.50. The standard InChI is InChI=1S/C25H24N2O5/c1-2-11-27(14-23(28)29)24(30)21-12-16(21)13-26-25(31)32-15-22-19-9-5-3-7-17(19)18-8-4-6-10-20(18)22/h1,3-10,16,21-22H,11-15H2,(H,26,31)(H,28,29). The van der Waals surface area contributed by atoms with Crippen molar-refractivity contribution in [1.29, 1.82) is 0 Å². The molecule has 2 aromatic rings. The summed E-state index contributed by atoms with van der Waals surface area (Å²) in [4.78, 5) is 36.8. The van der Waals surface area contributed by atoms with Crippen LogP contribution >= 0.6 is 0 Å². The summed E-state index contributed by atoms with van der Waals surface area (Å²) in [5.74, 6) is 0.531. The fourth-order valence-corrected chi connectivity index (χ4v) is 4.36. The highest BCUT2D eigenvalue weighted by Gasteiger charge is 2.45. The van der Waals surface area contributed by atoms with Gasteiger partial charge in [-0.15, -0.1) is 6.42 Å². The Hall–Kier alpha value is -3.79. The molecule has 2 amide bonds. The topological polar surface area (TPSA) is 95.9 Å². The third-order valence-electron chi connectivity index (χ3n) is 6.01. The van der Waals surface area contributed by atoms with Gasteiger partial charge in [0, 0.05) is 18.4 Å². The third kappa shape index (κ3) is 4.45. The first-order valence-electron chi connectivity index (χ1n) is 10.5. The average Bonchev–Trinajstić information content (AvgIpc) is 3.50. The van der Waals surface area contributed by atoms with E-state index in [1.54, 1.807) is 0 Å². The van der Waals surface area contributed by atoms with Gasteiger partial charge in [-0.3, -0.25) is 9.59 Å². The van der Waals surface area contributed by atoms with Crippen molar-refractivity contribution in [3.63, 3.8) is 0 Å². The van der Waals surface area contributed by atoms with Gasteiger partial charge < -0.3 is 20.1 Å². The molecule has 0 radical (unpaired) electrons. The summed E-state index contributed by atoms with van der Waals surface area (Å²) in [5.41, 5.74) is 4.60. The van der Waals surface area contributed by atoms with Crippen molar-refractivity contribution < 1.29 is 24.2 Å². The van der Waals surface area contributed by atoms with Crippen molar-refractivity contribution >= 4 is 18.0 Å². The molecule has 4 rings (SSSR count). The number of benzene rings is 2. The number of aliphatic carboxylic acids is 1. The molecule has 2 atom stereocenters. The van der Waals surface area contributed by atoms with Gasteiger partial charge in [-0.2, -0.15) is 0 Å². The molecule has 1 fully saturated rings. The molecule has 2 unspecified atom stereocenters. The van der Waals surface area contributed by atoms with Crippen LogP contribution in [0.25, 0.3) is 11.1 Å². The predicted molar refractivity (Wildman–Crippen MR) is 118 cm³/mol. The fraction of sp³-hybridized carbons (Fsp3) is 0.320. The summed E-state index contributed by atoms with van der Waals surface area (Å²) in [7, 11) is 0. The van der Waals surface area contributed by atoms with Crippen LogP contribution in [-0.4, -0.2) is 54.2 Å². The first-order valence-corrected chi connectivity index (χ1v) is 10.5. The average molecular weight is 432 g/mol. The first-order chi connectivity index (χ1) is 15.5. The van der Waals surface area contributed by atoms with E-state index >= 15 is 0 Å². The second-order valence-corrected chi connectivity index (χ2v) is 8.10. The summed E-state index contributed by atoms with van der Waals surface area (Å²) in [5, 5.41) is 11.7. The Balaban J connectivity index is 1.28. The largest absolute Gasteiger partial charge is 0.480 e. The quantitative estimate of drug-likeness (QED) is 0.626. The van der Waals surface area contributed by atoms with Crippen molar-refractivity contribution in [2.45, 2.75) is 12.3 Å². The van der Waals surface area contributed by atoms with Crippen LogP contribution in [-0.2, 0) is 14.3 Å². The van der Waals surface area contributed by atoms with Crippen molar-refractivity contribution in [2.24, 2.45) is 11.8 Å². The molecule has 32 heavy (non-hydrogen) atoms. The molecule has 0 bridgehead atoms. The highest BCUT2D eigenvalue weighted by atomic mass is 16.5. The predicted octanol–water partition coefficient (Wildman–Crippen LogP) is 2.71. The number of carbonyl (C=O) groups is 3. The molecule has 7 heteroatoms. The van der Waals surface area contributed by atoms with Crippen molar-refractivity contribution in [3.8, 4) is 23.5 Å². The van der Waals surface area contributed by atoms with E-state index in [1.807, 2.05) is 24.3 Å². The zero-order valence-electron chi connectivity index (χ0n) is 17.5. The fourth-order valence-electron chi connectivity index (χ4n) is 4.36. The van der Waals surface area contributed by atoms with Gasteiger partial charge in [0.25, 0.3) is 0 Å². The number of carbonyl (C=O) groups excluding carboxylic acids is 2. The minimum absolute atomic E-state index is 0.0169.